The first-order valence-corrected chi connectivity index (χ1v) is 7.38. The fraction of sp³-hybridized carbons (Fsp3) is 0.786. The number of hydrogen-bond donors (Lipinski definition) is 1. The minimum absolute atomic E-state index is 0.0335. The highest BCUT2D eigenvalue weighted by Crippen LogP contribution is 2.37. The van der Waals surface area contributed by atoms with Crippen molar-refractivity contribution < 1.29 is 4.74 Å². The van der Waals surface area contributed by atoms with E-state index in [1.807, 2.05) is 0 Å². The van der Waals surface area contributed by atoms with Gasteiger partial charge in [-0.1, -0.05) is 0 Å². The van der Waals surface area contributed by atoms with Crippen LogP contribution in [0.5, 0.6) is 0 Å². The van der Waals surface area contributed by atoms with Crippen LogP contribution in [0.1, 0.15) is 49.7 Å². The van der Waals surface area contributed by atoms with E-state index in [9.17, 15) is 0 Å². The molecule has 0 aliphatic carbocycles. The molecule has 102 valence electrons. The topological polar surface area (TPSA) is 34.2 Å². The summed E-state index contributed by atoms with van der Waals surface area (Å²) in [5, 5.41) is 4.76. The smallest absolute Gasteiger partial charge is 0.0900 e. The van der Waals surface area contributed by atoms with Gasteiger partial charge in [0.2, 0.25) is 0 Å². The first-order valence-electron chi connectivity index (χ1n) is 6.56. The van der Waals surface area contributed by atoms with Crippen LogP contribution in [-0.4, -0.2) is 22.2 Å². The minimum atomic E-state index is -0.109. The highest BCUT2D eigenvalue weighted by atomic mass is 32.1. The quantitative estimate of drug-likeness (QED) is 0.914. The molecule has 0 amide bonds. The Morgan fingerprint density at radius 2 is 2.00 bits per heavy atom. The lowest BCUT2D eigenvalue weighted by Gasteiger charge is -2.27. The van der Waals surface area contributed by atoms with E-state index < -0.39 is 0 Å². The predicted molar refractivity (Wildman–Crippen MR) is 76.1 cm³/mol. The van der Waals surface area contributed by atoms with Gasteiger partial charge in [-0.3, -0.25) is 0 Å². The van der Waals surface area contributed by atoms with Gasteiger partial charge in [-0.25, -0.2) is 4.98 Å². The van der Waals surface area contributed by atoms with E-state index in [1.165, 1.54) is 10.6 Å². The molecule has 4 heteroatoms. The van der Waals surface area contributed by atoms with E-state index in [4.69, 9.17) is 4.74 Å². The summed E-state index contributed by atoms with van der Waals surface area (Å²) < 4.78 is 6.09. The maximum Gasteiger partial charge on any atom is 0.0900 e. The third-order valence-electron chi connectivity index (χ3n) is 3.59. The largest absolute Gasteiger partial charge is 0.368 e. The summed E-state index contributed by atoms with van der Waals surface area (Å²) in [7, 11) is 0. The Labute approximate surface area is 114 Å². The van der Waals surface area contributed by atoms with Crippen LogP contribution in [0.3, 0.4) is 0 Å². The van der Waals surface area contributed by atoms with Gasteiger partial charge >= 0.3 is 0 Å². The Hall–Kier alpha value is -0.450. The van der Waals surface area contributed by atoms with Gasteiger partial charge in [0.15, 0.2) is 0 Å². The molecule has 0 aromatic carbocycles. The van der Waals surface area contributed by atoms with Gasteiger partial charge in [0.25, 0.3) is 0 Å². The first kappa shape index (κ1) is 14.0. The van der Waals surface area contributed by atoms with Crippen molar-refractivity contribution in [3.63, 3.8) is 0 Å². The number of nitrogens with one attached hydrogen (secondary N) is 1. The Morgan fingerprint density at radius 1 is 1.33 bits per heavy atom. The van der Waals surface area contributed by atoms with Crippen LogP contribution in [0.25, 0.3) is 0 Å². The normalized spacial score (nSPS) is 25.6. The standard InChI is InChI=1S/C14H24N2OS/c1-9-11(16-10(2)18-9)8-15-12-7-13(3,4)17-14(12,5)6/h12,15H,7-8H2,1-6H3. The van der Waals surface area contributed by atoms with Gasteiger partial charge in [0.1, 0.15) is 0 Å². The van der Waals surface area contributed by atoms with Crippen LogP contribution in [0, 0.1) is 13.8 Å². The van der Waals surface area contributed by atoms with Crippen molar-refractivity contribution in [3.8, 4) is 0 Å². The second kappa shape index (κ2) is 4.58. The predicted octanol–water partition coefficient (Wildman–Crippen LogP) is 3.20. The third-order valence-corrected chi connectivity index (χ3v) is 4.52. The van der Waals surface area contributed by atoms with Gasteiger partial charge in [-0.05, 0) is 48.0 Å². The molecule has 1 atom stereocenters. The van der Waals surface area contributed by atoms with Crippen LogP contribution in [0.15, 0.2) is 0 Å². The number of rotatable bonds is 3. The summed E-state index contributed by atoms with van der Waals surface area (Å²) in [6.07, 6.45) is 1.04. The molecule has 0 radical (unpaired) electrons. The molecule has 0 saturated carbocycles. The molecule has 18 heavy (non-hydrogen) atoms. The van der Waals surface area contributed by atoms with E-state index in [0.717, 1.165) is 18.0 Å². The Balaban J connectivity index is 2.00. The lowest BCUT2D eigenvalue weighted by atomic mass is 9.94. The summed E-state index contributed by atoms with van der Waals surface area (Å²) >= 11 is 1.77. The number of hydrogen-bond acceptors (Lipinski definition) is 4. The van der Waals surface area contributed by atoms with Crippen molar-refractivity contribution in [2.24, 2.45) is 0 Å². The molecule has 1 aromatic rings. The SMILES string of the molecule is Cc1nc(CNC2CC(C)(C)OC2(C)C)c(C)s1. The zero-order valence-corrected chi connectivity index (χ0v) is 13.1. The molecule has 1 fully saturated rings. The lowest BCUT2D eigenvalue weighted by molar-refractivity contribution is -0.0699. The van der Waals surface area contributed by atoms with Crippen molar-refractivity contribution in [1.29, 1.82) is 0 Å². The van der Waals surface area contributed by atoms with E-state index >= 15 is 0 Å². The maximum absolute atomic E-state index is 6.09. The maximum atomic E-state index is 6.09. The molecule has 1 unspecified atom stereocenters. The molecule has 2 heterocycles. The van der Waals surface area contributed by atoms with Crippen molar-refractivity contribution in [2.45, 2.75) is 71.8 Å². The number of thiazole rings is 1. The van der Waals surface area contributed by atoms with Crippen LogP contribution >= 0.6 is 11.3 Å². The van der Waals surface area contributed by atoms with Crippen molar-refractivity contribution in [3.05, 3.63) is 15.6 Å². The average Bonchev–Trinajstić information content (AvgIpc) is 2.59. The number of aryl methyl sites for hydroxylation is 2. The second-order valence-electron chi connectivity index (χ2n) is 6.34. The summed E-state index contributed by atoms with van der Waals surface area (Å²) in [6, 6.07) is 0.383. The van der Waals surface area contributed by atoms with E-state index in [-0.39, 0.29) is 11.2 Å². The summed E-state index contributed by atoms with van der Waals surface area (Å²) in [5.41, 5.74) is 1.04. The minimum Gasteiger partial charge on any atom is -0.368 e. The number of ether oxygens (including phenoxy) is 1. The third kappa shape index (κ3) is 2.92. The molecule has 1 saturated heterocycles. The molecular weight excluding hydrogens is 244 g/mol. The molecular formula is C14H24N2OS. The van der Waals surface area contributed by atoms with Crippen molar-refractivity contribution in [2.75, 3.05) is 0 Å². The van der Waals surface area contributed by atoms with Gasteiger partial charge in [-0.2, -0.15) is 0 Å². The first-order chi connectivity index (χ1) is 8.20. The molecule has 1 aliphatic rings. The highest BCUT2D eigenvalue weighted by Gasteiger charge is 2.45. The molecule has 3 nitrogen and oxygen atoms in total. The number of aromatic nitrogens is 1. The monoisotopic (exact) mass is 268 g/mol. The average molecular weight is 268 g/mol. The van der Waals surface area contributed by atoms with E-state index in [2.05, 4.69) is 51.8 Å². The second-order valence-corrected chi connectivity index (χ2v) is 7.75. The van der Waals surface area contributed by atoms with Crippen LogP contribution < -0.4 is 5.32 Å². The van der Waals surface area contributed by atoms with Gasteiger partial charge in [0.05, 0.1) is 21.9 Å². The molecule has 1 N–H and O–H groups in total. The van der Waals surface area contributed by atoms with Crippen LogP contribution in [-0.2, 0) is 11.3 Å². The lowest BCUT2D eigenvalue weighted by Crippen LogP contribution is -2.43. The number of nitrogens with zero attached hydrogens (tertiary/aromatic N) is 1. The zero-order chi connectivity index (χ0) is 13.6. The fourth-order valence-electron chi connectivity index (χ4n) is 2.84. The zero-order valence-electron chi connectivity index (χ0n) is 12.3. The molecule has 0 bridgehead atoms. The Kier molecular flexibility index (Phi) is 3.56. The summed E-state index contributed by atoms with van der Waals surface area (Å²) in [4.78, 5) is 5.89. The molecule has 1 aromatic heterocycles. The van der Waals surface area contributed by atoms with Crippen LogP contribution in [0.2, 0.25) is 0 Å². The van der Waals surface area contributed by atoms with E-state index in [0.29, 0.717) is 6.04 Å². The van der Waals surface area contributed by atoms with Crippen molar-refractivity contribution >= 4 is 11.3 Å². The molecule has 2 rings (SSSR count). The molecule has 0 spiro atoms. The van der Waals surface area contributed by atoms with E-state index in [1.54, 1.807) is 11.3 Å². The van der Waals surface area contributed by atoms with Crippen molar-refractivity contribution in [1.82, 2.24) is 10.3 Å². The van der Waals surface area contributed by atoms with Gasteiger partial charge < -0.3 is 10.1 Å². The van der Waals surface area contributed by atoms with Gasteiger partial charge in [0, 0.05) is 17.5 Å². The van der Waals surface area contributed by atoms with Crippen LogP contribution in [0.4, 0.5) is 0 Å². The fourth-order valence-corrected chi connectivity index (χ4v) is 3.67. The molecule has 1 aliphatic heterocycles. The highest BCUT2D eigenvalue weighted by molar-refractivity contribution is 7.11. The summed E-state index contributed by atoms with van der Waals surface area (Å²) in [5.74, 6) is 0. The van der Waals surface area contributed by atoms with Gasteiger partial charge in [-0.15, -0.1) is 11.3 Å². The Bertz CT molecular complexity index is 437. The summed E-state index contributed by atoms with van der Waals surface area (Å²) in [6.45, 7) is 13.7. The Morgan fingerprint density at radius 3 is 2.44 bits per heavy atom.